The third-order valence-electron chi connectivity index (χ3n) is 3.98. The fourth-order valence-electron chi connectivity index (χ4n) is 2.50. The number of nitrogens with zero attached hydrogens (tertiary/aromatic N) is 4. The number of amides is 1. The van der Waals surface area contributed by atoms with Gasteiger partial charge in [0.15, 0.2) is 0 Å². The number of aromatic nitrogens is 4. The fraction of sp³-hybridized carbons (Fsp3) is 0.429. The molecular weight excluding hydrogens is 304 g/mol. The summed E-state index contributed by atoms with van der Waals surface area (Å²) < 4.78 is 1.59. The van der Waals surface area contributed by atoms with Crippen molar-refractivity contribution in [2.24, 2.45) is 5.41 Å². The molecule has 0 radical (unpaired) electrons. The Kier molecular flexibility index (Phi) is 4.77. The van der Waals surface area contributed by atoms with Crippen LogP contribution in [-0.2, 0) is 4.79 Å². The second kappa shape index (κ2) is 6.41. The minimum Gasteiger partial charge on any atom is -0.325 e. The maximum atomic E-state index is 12.4. The zero-order valence-corrected chi connectivity index (χ0v) is 13.4. The second-order valence-electron chi connectivity index (χ2n) is 5.70. The highest BCUT2D eigenvalue weighted by molar-refractivity contribution is 5.95. The maximum absolute atomic E-state index is 12.4. The summed E-state index contributed by atoms with van der Waals surface area (Å²) in [5.74, 6) is 0.0408. The number of tetrazole rings is 1. The van der Waals surface area contributed by atoms with Crippen molar-refractivity contribution in [3.63, 3.8) is 0 Å². The van der Waals surface area contributed by atoms with Crippen LogP contribution in [0.1, 0.15) is 18.9 Å². The van der Waals surface area contributed by atoms with E-state index in [-0.39, 0.29) is 23.7 Å². The van der Waals surface area contributed by atoms with Gasteiger partial charge in [0.2, 0.25) is 5.91 Å². The molecule has 0 bridgehead atoms. The van der Waals surface area contributed by atoms with Crippen LogP contribution in [-0.4, -0.2) is 39.2 Å². The zero-order valence-electron chi connectivity index (χ0n) is 12.5. The lowest BCUT2D eigenvalue weighted by atomic mass is 9.88. The monoisotopic (exact) mass is 322 g/mol. The minimum absolute atomic E-state index is 0. The minimum atomic E-state index is -0.347. The summed E-state index contributed by atoms with van der Waals surface area (Å²) in [7, 11) is 0. The van der Waals surface area contributed by atoms with E-state index in [1.54, 1.807) is 4.68 Å². The summed E-state index contributed by atoms with van der Waals surface area (Å²) >= 11 is 0. The molecule has 1 unspecified atom stereocenters. The Morgan fingerprint density at radius 2 is 2.27 bits per heavy atom. The van der Waals surface area contributed by atoms with E-state index in [1.165, 1.54) is 6.33 Å². The quantitative estimate of drug-likeness (QED) is 0.890. The molecule has 1 aliphatic heterocycles. The highest BCUT2D eigenvalue weighted by atomic mass is 35.5. The van der Waals surface area contributed by atoms with Gasteiger partial charge in [0, 0.05) is 12.2 Å². The molecule has 2 N–H and O–H groups in total. The molecule has 1 aromatic heterocycles. The largest absolute Gasteiger partial charge is 0.325 e. The first-order chi connectivity index (χ1) is 10.1. The van der Waals surface area contributed by atoms with E-state index in [0.29, 0.717) is 6.54 Å². The van der Waals surface area contributed by atoms with Crippen LogP contribution in [0.25, 0.3) is 5.69 Å². The van der Waals surface area contributed by atoms with Gasteiger partial charge in [0.25, 0.3) is 0 Å². The number of carbonyl (C=O) groups excluding carboxylic acids is 1. The molecule has 0 aliphatic carbocycles. The standard InChI is InChI=1S/C14H18N6O.ClH/c1-10-3-4-11(7-12(10)20-9-16-18-19-20)17-13(21)14(2)5-6-15-8-14;/h3-4,7,9,15H,5-6,8H2,1-2H3,(H,17,21);1H. The molecule has 3 rings (SSSR count). The van der Waals surface area contributed by atoms with Crippen LogP contribution in [0.4, 0.5) is 5.69 Å². The smallest absolute Gasteiger partial charge is 0.231 e. The molecule has 0 spiro atoms. The van der Waals surface area contributed by atoms with Gasteiger partial charge < -0.3 is 10.6 Å². The molecule has 1 amide bonds. The molecule has 2 heterocycles. The van der Waals surface area contributed by atoms with Gasteiger partial charge in [-0.2, -0.15) is 0 Å². The summed E-state index contributed by atoms with van der Waals surface area (Å²) in [6, 6.07) is 5.73. The Morgan fingerprint density at radius 3 is 2.91 bits per heavy atom. The molecule has 1 aromatic carbocycles. The van der Waals surface area contributed by atoms with Crippen molar-refractivity contribution >= 4 is 24.0 Å². The fourth-order valence-corrected chi connectivity index (χ4v) is 2.50. The van der Waals surface area contributed by atoms with Crippen molar-refractivity contribution in [3.05, 3.63) is 30.1 Å². The predicted molar refractivity (Wildman–Crippen MR) is 85.4 cm³/mol. The Morgan fingerprint density at radius 1 is 1.45 bits per heavy atom. The molecule has 1 atom stereocenters. The molecule has 118 valence electrons. The van der Waals surface area contributed by atoms with E-state index in [2.05, 4.69) is 26.2 Å². The lowest BCUT2D eigenvalue weighted by Crippen LogP contribution is -2.35. The number of halogens is 1. The van der Waals surface area contributed by atoms with Gasteiger partial charge >= 0.3 is 0 Å². The van der Waals surface area contributed by atoms with Crippen molar-refractivity contribution in [2.45, 2.75) is 20.3 Å². The van der Waals surface area contributed by atoms with E-state index in [1.807, 2.05) is 32.0 Å². The number of rotatable bonds is 3. The van der Waals surface area contributed by atoms with Gasteiger partial charge in [-0.15, -0.1) is 17.5 Å². The molecule has 1 aliphatic rings. The molecule has 1 saturated heterocycles. The topological polar surface area (TPSA) is 84.7 Å². The Balaban J connectivity index is 0.00000176. The number of hydrogen-bond donors (Lipinski definition) is 2. The Hall–Kier alpha value is -1.99. The van der Waals surface area contributed by atoms with Crippen LogP contribution in [0.15, 0.2) is 24.5 Å². The van der Waals surface area contributed by atoms with E-state index >= 15 is 0 Å². The summed E-state index contributed by atoms with van der Waals surface area (Å²) in [5.41, 5.74) is 2.30. The normalized spacial score (nSPS) is 20.5. The first-order valence-electron chi connectivity index (χ1n) is 6.95. The van der Waals surface area contributed by atoms with Crippen molar-refractivity contribution in [1.29, 1.82) is 0 Å². The number of anilines is 1. The first kappa shape index (κ1) is 16.4. The molecule has 7 nitrogen and oxygen atoms in total. The van der Waals surface area contributed by atoms with Crippen LogP contribution in [0.5, 0.6) is 0 Å². The molecule has 2 aromatic rings. The molecule has 1 fully saturated rings. The highest BCUT2D eigenvalue weighted by Crippen LogP contribution is 2.27. The van der Waals surface area contributed by atoms with E-state index in [0.717, 1.165) is 29.9 Å². The van der Waals surface area contributed by atoms with Gasteiger partial charge in [-0.1, -0.05) is 6.07 Å². The lowest BCUT2D eigenvalue weighted by molar-refractivity contribution is -0.123. The van der Waals surface area contributed by atoms with Crippen LogP contribution in [0, 0.1) is 12.3 Å². The number of hydrogen-bond acceptors (Lipinski definition) is 5. The molecule has 8 heteroatoms. The van der Waals surface area contributed by atoms with Crippen molar-refractivity contribution in [1.82, 2.24) is 25.5 Å². The highest BCUT2D eigenvalue weighted by Gasteiger charge is 2.36. The van der Waals surface area contributed by atoms with Crippen molar-refractivity contribution in [3.8, 4) is 5.69 Å². The number of carbonyl (C=O) groups is 1. The number of aryl methyl sites for hydroxylation is 1. The van der Waals surface area contributed by atoms with Gasteiger partial charge in [0.05, 0.1) is 11.1 Å². The van der Waals surface area contributed by atoms with Crippen molar-refractivity contribution in [2.75, 3.05) is 18.4 Å². The number of nitrogens with one attached hydrogen (secondary N) is 2. The zero-order chi connectivity index (χ0) is 14.9. The van der Waals surface area contributed by atoms with E-state index in [4.69, 9.17) is 0 Å². The lowest BCUT2D eigenvalue weighted by Gasteiger charge is -2.21. The third kappa shape index (κ3) is 3.10. The molecule has 22 heavy (non-hydrogen) atoms. The SMILES string of the molecule is Cc1ccc(NC(=O)C2(C)CCNC2)cc1-n1cnnn1.Cl. The second-order valence-corrected chi connectivity index (χ2v) is 5.70. The maximum Gasteiger partial charge on any atom is 0.231 e. The predicted octanol–water partition coefficient (Wildman–Crippen LogP) is 1.33. The van der Waals surface area contributed by atoms with Crippen LogP contribution >= 0.6 is 12.4 Å². The van der Waals surface area contributed by atoms with Gasteiger partial charge in [-0.25, -0.2) is 4.68 Å². The van der Waals surface area contributed by atoms with Gasteiger partial charge in [-0.05, 0) is 54.9 Å². The summed E-state index contributed by atoms with van der Waals surface area (Å²) in [5, 5.41) is 17.4. The van der Waals surface area contributed by atoms with Crippen molar-refractivity contribution < 1.29 is 4.79 Å². The average molecular weight is 323 g/mol. The molecular formula is C14H19ClN6O. The average Bonchev–Trinajstić information content (AvgIpc) is 3.13. The summed E-state index contributed by atoms with van der Waals surface area (Å²) in [6.45, 7) is 5.56. The summed E-state index contributed by atoms with van der Waals surface area (Å²) in [4.78, 5) is 12.4. The molecule has 0 saturated carbocycles. The van der Waals surface area contributed by atoms with Crippen LogP contribution in [0.2, 0.25) is 0 Å². The Labute approximate surface area is 134 Å². The summed E-state index contributed by atoms with van der Waals surface area (Å²) in [6.07, 6.45) is 2.39. The van der Waals surface area contributed by atoms with Gasteiger partial charge in [-0.3, -0.25) is 4.79 Å². The number of benzene rings is 1. The third-order valence-corrected chi connectivity index (χ3v) is 3.98. The first-order valence-corrected chi connectivity index (χ1v) is 6.95. The Bertz CT molecular complexity index is 651. The van der Waals surface area contributed by atoms with Crippen LogP contribution in [0.3, 0.4) is 0 Å². The van der Waals surface area contributed by atoms with Gasteiger partial charge in [0.1, 0.15) is 6.33 Å². The van der Waals surface area contributed by atoms with E-state index < -0.39 is 0 Å². The van der Waals surface area contributed by atoms with Crippen LogP contribution < -0.4 is 10.6 Å². The van der Waals surface area contributed by atoms with E-state index in [9.17, 15) is 4.79 Å².